The van der Waals surface area contributed by atoms with Crippen LogP contribution >= 0.6 is 0 Å². The molecule has 0 spiro atoms. The third-order valence-electron chi connectivity index (χ3n) is 3.32. The number of benzene rings is 1. The molecule has 0 aliphatic heterocycles. The van der Waals surface area contributed by atoms with Crippen molar-refractivity contribution in [3.05, 3.63) is 48.3 Å². The standard InChI is InChI=1S/C17H24N4/c1-4-10-18-16-11-17(20-13-19-16)21(14(2)3)12-15-8-6-5-7-9-15/h5-9,11,13-14H,4,10,12H2,1-3H3,(H,18,19,20). The van der Waals surface area contributed by atoms with E-state index in [4.69, 9.17) is 0 Å². The first-order chi connectivity index (χ1) is 10.2. The van der Waals surface area contributed by atoms with Crippen LogP contribution in [0.25, 0.3) is 0 Å². The summed E-state index contributed by atoms with van der Waals surface area (Å²) in [6, 6.07) is 12.9. The molecule has 0 atom stereocenters. The quantitative estimate of drug-likeness (QED) is 0.841. The molecule has 1 heterocycles. The van der Waals surface area contributed by atoms with Gasteiger partial charge in [0.25, 0.3) is 0 Å². The van der Waals surface area contributed by atoms with Gasteiger partial charge in [-0.2, -0.15) is 0 Å². The molecule has 4 nitrogen and oxygen atoms in total. The molecule has 0 saturated heterocycles. The van der Waals surface area contributed by atoms with Crippen LogP contribution in [0.3, 0.4) is 0 Å². The molecule has 0 saturated carbocycles. The van der Waals surface area contributed by atoms with Gasteiger partial charge in [-0.3, -0.25) is 0 Å². The van der Waals surface area contributed by atoms with Gasteiger partial charge >= 0.3 is 0 Å². The molecular weight excluding hydrogens is 260 g/mol. The van der Waals surface area contributed by atoms with Crippen molar-refractivity contribution in [1.82, 2.24) is 9.97 Å². The molecule has 112 valence electrons. The van der Waals surface area contributed by atoms with Crippen LogP contribution in [0.2, 0.25) is 0 Å². The van der Waals surface area contributed by atoms with Crippen molar-refractivity contribution in [2.24, 2.45) is 0 Å². The summed E-state index contributed by atoms with van der Waals surface area (Å²) in [4.78, 5) is 11.0. The lowest BCUT2D eigenvalue weighted by atomic mass is 10.2. The number of nitrogens with zero attached hydrogens (tertiary/aromatic N) is 3. The van der Waals surface area contributed by atoms with Crippen LogP contribution in [0, 0.1) is 0 Å². The minimum atomic E-state index is 0.374. The van der Waals surface area contributed by atoms with Crippen LogP contribution in [0.5, 0.6) is 0 Å². The predicted octanol–water partition coefficient (Wildman–Crippen LogP) is 3.71. The third-order valence-corrected chi connectivity index (χ3v) is 3.32. The third kappa shape index (κ3) is 4.45. The van der Waals surface area contributed by atoms with Gasteiger partial charge in [0, 0.05) is 25.2 Å². The van der Waals surface area contributed by atoms with E-state index in [1.54, 1.807) is 6.33 Å². The van der Waals surface area contributed by atoms with Gasteiger partial charge in [-0.15, -0.1) is 0 Å². The van der Waals surface area contributed by atoms with E-state index < -0.39 is 0 Å². The Morgan fingerprint density at radius 3 is 2.57 bits per heavy atom. The molecule has 0 fully saturated rings. The fourth-order valence-electron chi connectivity index (χ4n) is 2.16. The Labute approximate surface area is 127 Å². The lowest BCUT2D eigenvalue weighted by Crippen LogP contribution is -2.31. The number of hydrogen-bond acceptors (Lipinski definition) is 4. The van der Waals surface area contributed by atoms with Crippen LogP contribution in [0.4, 0.5) is 11.6 Å². The lowest BCUT2D eigenvalue weighted by Gasteiger charge is -2.28. The highest BCUT2D eigenvalue weighted by Gasteiger charge is 2.13. The van der Waals surface area contributed by atoms with Gasteiger partial charge in [-0.1, -0.05) is 37.3 Å². The minimum Gasteiger partial charge on any atom is -0.370 e. The topological polar surface area (TPSA) is 41.0 Å². The SMILES string of the molecule is CCCNc1cc(N(Cc2ccccc2)C(C)C)ncn1. The average Bonchev–Trinajstić information content (AvgIpc) is 2.51. The second kappa shape index (κ2) is 7.62. The van der Waals surface area contributed by atoms with Crippen molar-refractivity contribution in [1.29, 1.82) is 0 Å². The molecule has 0 bridgehead atoms. The monoisotopic (exact) mass is 284 g/mol. The smallest absolute Gasteiger partial charge is 0.134 e. The Bertz CT molecular complexity index is 539. The van der Waals surface area contributed by atoms with Crippen molar-refractivity contribution in [3.8, 4) is 0 Å². The van der Waals surface area contributed by atoms with E-state index in [9.17, 15) is 0 Å². The predicted molar refractivity (Wildman–Crippen MR) is 88.6 cm³/mol. The maximum absolute atomic E-state index is 4.44. The van der Waals surface area contributed by atoms with Gasteiger partial charge in [0.1, 0.15) is 18.0 Å². The van der Waals surface area contributed by atoms with E-state index in [0.29, 0.717) is 6.04 Å². The molecular formula is C17H24N4. The first kappa shape index (κ1) is 15.3. The number of aromatic nitrogens is 2. The Kier molecular flexibility index (Phi) is 5.55. The zero-order chi connectivity index (χ0) is 15.1. The highest BCUT2D eigenvalue weighted by molar-refractivity contribution is 5.49. The van der Waals surface area contributed by atoms with Gasteiger partial charge in [-0.05, 0) is 25.8 Å². The molecule has 2 aromatic rings. The Balaban J connectivity index is 2.18. The number of nitrogens with one attached hydrogen (secondary N) is 1. The van der Waals surface area contributed by atoms with Crippen molar-refractivity contribution in [3.63, 3.8) is 0 Å². The molecule has 1 N–H and O–H groups in total. The van der Waals surface area contributed by atoms with Crippen molar-refractivity contribution >= 4 is 11.6 Å². The van der Waals surface area contributed by atoms with E-state index in [0.717, 1.165) is 31.1 Å². The summed E-state index contributed by atoms with van der Waals surface area (Å²) in [7, 11) is 0. The number of hydrogen-bond donors (Lipinski definition) is 1. The molecule has 21 heavy (non-hydrogen) atoms. The Morgan fingerprint density at radius 2 is 1.90 bits per heavy atom. The van der Waals surface area contributed by atoms with E-state index in [1.165, 1.54) is 5.56 Å². The molecule has 0 radical (unpaired) electrons. The van der Waals surface area contributed by atoms with Crippen LogP contribution in [0.1, 0.15) is 32.8 Å². The highest BCUT2D eigenvalue weighted by atomic mass is 15.2. The molecule has 4 heteroatoms. The van der Waals surface area contributed by atoms with Crippen molar-refractivity contribution in [2.45, 2.75) is 39.8 Å². The summed E-state index contributed by atoms with van der Waals surface area (Å²) in [6.45, 7) is 8.29. The summed E-state index contributed by atoms with van der Waals surface area (Å²) in [5.41, 5.74) is 1.29. The van der Waals surface area contributed by atoms with Crippen LogP contribution in [-0.2, 0) is 6.54 Å². The van der Waals surface area contributed by atoms with E-state index in [1.807, 2.05) is 12.1 Å². The summed E-state index contributed by atoms with van der Waals surface area (Å²) in [5.74, 6) is 1.85. The second-order valence-electron chi connectivity index (χ2n) is 5.40. The summed E-state index contributed by atoms with van der Waals surface area (Å²) in [6.07, 6.45) is 2.71. The fraction of sp³-hybridized carbons (Fsp3) is 0.412. The first-order valence-corrected chi connectivity index (χ1v) is 7.57. The Hall–Kier alpha value is -2.10. The molecule has 1 aromatic carbocycles. The summed E-state index contributed by atoms with van der Waals surface area (Å²) < 4.78 is 0. The molecule has 0 aliphatic rings. The van der Waals surface area contributed by atoms with Crippen LogP contribution in [0.15, 0.2) is 42.7 Å². The number of anilines is 2. The van der Waals surface area contributed by atoms with E-state index >= 15 is 0 Å². The molecule has 2 rings (SSSR count). The fourth-order valence-corrected chi connectivity index (χ4v) is 2.16. The van der Waals surface area contributed by atoms with Gasteiger partial charge in [0.05, 0.1) is 0 Å². The minimum absolute atomic E-state index is 0.374. The maximum atomic E-state index is 4.44. The largest absolute Gasteiger partial charge is 0.370 e. The molecule has 1 aromatic heterocycles. The highest BCUT2D eigenvalue weighted by Crippen LogP contribution is 2.19. The summed E-state index contributed by atoms with van der Waals surface area (Å²) >= 11 is 0. The van der Waals surface area contributed by atoms with Crippen LogP contribution in [-0.4, -0.2) is 22.6 Å². The van der Waals surface area contributed by atoms with Crippen molar-refractivity contribution < 1.29 is 0 Å². The average molecular weight is 284 g/mol. The molecule has 0 amide bonds. The van der Waals surface area contributed by atoms with E-state index in [-0.39, 0.29) is 0 Å². The van der Waals surface area contributed by atoms with E-state index in [2.05, 4.69) is 65.2 Å². The first-order valence-electron chi connectivity index (χ1n) is 7.57. The van der Waals surface area contributed by atoms with Crippen molar-refractivity contribution in [2.75, 3.05) is 16.8 Å². The Morgan fingerprint density at radius 1 is 1.14 bits per heavy atom. The molecule has 0 aliphatic carbocycles. The summed E-state index contributed by atoms with van der Waals surface area (Å²) in [5, 5.41) is 3.31. The second-order valence-corrected chi connectivity index (χ2v) is 5.40. The molecule has 0 unspecified atom stereocenters. The zero-order valence-electron chi connectivity index (χ0n) is 13.1. The van der Waals surface area contributed by atoms with Gasteiger partial charge < -0.3 is 10.2 Å². The normalized spacial score (nSPS) is 10.7. The maximum Gasteiger partial charge on any atom is 0.134 e. The van der Waals surface area contributed by atoms with Gasteiger partial charge in [0.2, 0.25) is 0 Å². The lowest BCUT2D eigenvalue weighted by molar-refractivity contribution is 0.671. The number of rotatable bonds is 7. The zero-order valence-corrected chi connectivity index (χ0v) is 13.1. The van der Waals surface area contributed by atoms with Gasteiger partial charge in [-0.25, -0.2) is 9.97 Å². The van der Waals surface area contributed by atoms with Crippen LogP contribution < -0.4 is 10.2 Å². The van der Waals surface area contributed by atoms with Gasteiger partial charge in [0.15, 0.2) is 0 Å².